The van der Waals surface area contributed by atoms with Crippen molar-refractivity contribution in [3.05, 3.63) is 53.4 Å². The van der Waals surface area contributed by atoms with Crippen molar-refractivity contribution < 1.29 is 18.8 Å². The first-order valence-electron chi connectivity index (χ1n) is 10.0. The van der Waals surface area contributed by atoms with Crippen LogP contribution >= 0.6 is 0 Å². The molecule has 0 saturated carbocycles. The fourth-order valence-corrected chi connectivity index (χ4v) is 3.32. The maximum absolute atomic E-state index is 12.7. The minimum atomic E-state index is -0.582. The summed E-state index contributed by atoms with van der Waals surface area (Å²) in [7, 11) is 1.61. The summed E-state index contributed by atoms with van der Waals surface area (Å²) in [6.45, 7) is 7.04. The molecule has 1 aliphatic rings. The summed E-state index contributed by atoms with van der Waals surface area (Å²) in [6, 6.07) is 8.71. The number of carbonyl (C=O) groups excluding carboxylic acids is 2. The Morgan fingerprint density at radius 3 is 2.53 bits per heavy atom. The molecular weight excluding hydrogens is 384 g/mol. The predicted molar refractivity (Wildman–Crippen MR) is 113 cm³/mol. The van der Waals surface area contributed by atoms with Gasteiger partial charge in [-0.3, -0.25) is 14.5 Å². The van der Waals surface area contributed by atoms with Crippen LogP contribution < -0.4 is 10.1 Å². The fraction of sp³-hybridized carbons (Fsp3) is 0.409. The van der Waals surface area contributed by atoms with Crippen LogP contribution in [0.5, 0.6) is 5.75 Å². The number of carbonyl (C=O) groups is 2. The number of aryl methyl sites for hydroxylation is 1. The molecule has 1 fully saturated rings. The van der Waals surface area contributed by atoms with Gasteiger partial charge in [0.1, 0.15) is 11.8 Å². The van der Waals surface area contributed by atoms with Crippen LogP contribution in [0.2, 0.25) is 0 Å². The maximum Gasteiger partial charge on any atom is 0.244 e. The Morgan fingerprint density at radius 2 is 1.93 bits per heavy atom. The minimum absolute atomic E-state index is 0.0728. The van der Waals surface area contributed by atoms with Crippen molar-refractivity contribution >= 4 is 17.9 Å². The van der Waals surface area contributed by atoms with E-state index < -0.39 is 6.04 Å². The van der Waals surface area contributed by atoms with Crippen molar-refractivity contribution in [2.75, 3.05) is 33.3 Å². The molecule has 160 valence electrons. The van der Waals surface area contributed by atoms with E-state index in [1.807, 2.05) is 37.3 Å². The largest absolute Gasteiger partial charge is 0.497 e. The second-order valence-electron chi connectivity index (χ2n) is 7.37. The average molecular weight is 412 g/mol. The molecule has 1 unspecified atom stereocenters. The van der Waals surface area contributed by atoms with E-state index in [2.05, 4.69) is 15.4 Å². The van der Waals surface area contributed by atoms with E-state index in [-0.39, 0.29) is 11.8 Å². The zero-order valence-corrected chi connectivity index (χ0v) is 17.6. The van der Waals surface area contributed by atoms with Crippen LogP contribution in [0.15, 0.2) is 40.9 Å². The zero-order valence-electron chi connectivity index (χ0n) is 17.6. The summed E-state index contributed by atoms with van der Waals surface area (Å²) in [4.78, 5) is 28.9. The molecule has 0 spiro atoms. The van der Waals surface area contributed by atoms with Gasteiger partial charge in [-0.15, -0.1) is 0 Å². The van der Waals surface area contributed by atoms with Gasteiger partial charge in [0.25, 0.3) is 0 Å². The molecule has 2 heterocycles. The number of hydrogen-bond acceptors (Lipinski definition) is 6. The molecule has 8 nitrogen and oxygen atoms in total. The number of benzene rings is 1. The van der Waals surface area contributed by atoms with Gasteiger partial charge in [-0.05, 0) is 37.6 Å². The van der Waals surface area contributed by atoms with Gasteiger partial charge in [-0.25, -0.2) is 0 Å². The highest BCUT2D eigenvalue weighted by Crippen LogP contribution is 2.13. The first-order valence-corrected chi connectivity index (χ1v) is 10.0. The van der Waals surface area contributed by atoms with Crippen molar-refractivity contribution in [2.45, 2.75) is 26.4 Å². The van der Waals surface area contributed by atoms with Crippen LogP contribution in [0.25, 0.3) is 6.08 Å². The number of aromatic nitrogens is 1. The monoisotopic (exact) mass is 412 g/mol. The number of amides is 2. The number of methoxy groups -OCH3 is 1. The minimum Gasteiger partial charge on any atom is -0.497 e. The SMILES string of the molecule is COc1ccc(/C=C/C(=O)NC(C)C(=O)N2CCN(Cc3cc(C)no3)CC2)cc1. The number of nitrogens with one attached hydrogen (secondary N) is 1. The quantitative estimate of drug-likeness (QED) is 0.699. The standard InChI is InChI=1S/C22H28N4O4/c1-16-14-20(30-24-16)15-25-10-12-26(13-11-25)22(28)17(2)23-21(27)9-6-18-4-7-19(29-3)8-5-18/h4-9,14,17H,10-13,15H2,1-3H3,(H,23,27)/b9-6+. The lowest BCUT2D eigenvalue weighted by molar-refractivity contribution is -0.136. The number of hydrogen-bond donors (Lipinski definition) is 1. The van der Waals surface area contributed by atoms with Gasteiger partial charge in [-0.1, -0.05) is 17.3 Å². The van der Waals surface area contributed by atoms with Crippen molar-refractivity contribution in [1.29, 1.82) is 0 Å². The summed E-state index contributed by atoms with van der Waals surface area (Å²) < 4.78 is 10.4. The number of rotatable bonds is 7. The van der Waals surface area contributed by atoms with E-state index in [4.69, 9.17) is 9.26 Å². The molecule has 30 heavy (non-hydrogen) atoms. The summed E-state index contributed by atoms with van der Waals surface area (Å²) in [5.74, 6) is 1.21. The third-order valence-electron chi connectivity index (χ3n) is 5.01. The Hall–Kier alpha value is -3.13. The van der Waals surface area contributed by atoms with Gasteiger partial charge in [0.05, 0.1) is 19.3 Å². The van der Waals surface area contributed by atoms with Gasteiger partial charge in [-0.2, -0.15) is 0 Å². The molecule has 1 atom stereocenters. The van der Waals surface area contributed by atoms with Crippen LogP contribution in [0, 0.1) is 6.92 Å². The first-order chi connectivity index (χ1) is 14.4. The molecule has 0 bridgehead atoms. The number of nitrogens with zero attached hydrogens (tertiary/aromatic N) is 3. The summed E-state index contributed by atoms with van der Waals surface area (Å²) in [5.41, 5.74) is 1.74. The second-order valence-corrected chi connectivity index (χ2v) is 7.37. The lowest BCUT2D eigenvalue weighted by Gasteiger charge is -2.35. The molecule has 1 aromatic carbocycles. The van der Waals surface area contributed by atoms with Gasteiger partial charge < -0.3 is 19.5 Å². The lowest BCUT2D eigenvalue weighted by atomic mass is 10.2. The molecule has 1 saturated heterocycles. The molecule has 3 rings (SSSR count). The van der Waals surface area contributed by atoms with Crippen molar-refractivity contribution in [3.63, 3.8) is 0 Å². The molecule has 1 N–H and O–H groups in total. The zero-order chi connectivity index (χ0) is 21.5. The average Bonchev–Trinajstić information content (AvgIpc) is 3.17. The van der Waals surface area contributed by atoms with Crippen LogP contribution in [0.1, 0.15) is 23.9 Å². The fourth-order valence-electron chi connectivity index (χ4n) is 3.32. The van der Waals surface area contributed by atoms with Crippen LogP contribution in [-0.4, -0.2) is 66.1 Å². The van der Waals surface area contributed by atoms with Crippen LogP contribution in [-0.2, 0) is 16.1 Å². The van der Waals surface area contributed by atoms with E-state index in [1.54, 1.807) is 25.0 Å². The Kier molecular flexibility index (Phi) is 7.24. The Bertz CT molecular complexity index is 883. The van der Waals surface area contributed by atoms with Crippen LogP contribution in [0.3, 0.4) is 0 Å². The Labute approximate surface area is 176 Å². The molecule has 0 aliphatic carbocycles. The van der Waals surface area contributed by atoms with Gasteiger partial charge in [0.15, 0.2) is 5.76 Å². The molecule has 1 aromatic heterocycles. The number of piperazine rings is 1. The van der Waals surface area contributed by atoms with Crippen LogP contribution in [0.4, 0.5) is 0 Å². The van der Waals surface area contributed by atoms with E-state index >= 15 is 0 Å². The highest BCUT2D eigenvalue weighted by molar-refractivity contribution is 5.95. The van der Waals surface area contributed by atoms with E-state index in [1.165, 1.54) is 6.08 Å². The maximum atomic E-state index is 12.7. The van der Waals surface area contributed by atoms with E-state index in [0.29, 0.717) is 19.6 Å². The van der Waals surface area contributed by atoms with Crippen molar-refractivity contribution in [2.24, 2.45) is 0 Å². The van der Waals surface area contributed by atoms with Crippen molar-refractivity contribution in [3.8, 4) is 5.75 Å². The molecule has 0 radical (unpaired) electrons. The summed E-state index contributed by atoms with van der Waals surface area (Å²) >= 11 is 0. The lowest BCUT2D eigenvalue weighted by Crippen LogP contribution is -2.53. The van der Waals surface area contributed by atoms with Gasteiger partial charge in [0, 0.05) is 38.3 Å². The highest BCUT2D eigenvalue weighted by Gasteiger charge is 2.26. The van der Waals surface area contributed by atoms with Gasteiger partial charge in [0.2, 0.25) is 11.8 Å². The normalized spacial score (nSPS) is 15.9. The molecular formula is C22H28N4O4. The second kappa shape index (κ2) is 10.1. The van der Waals surface area contributed by atoms with E-state index in [9.17, 15) is 9.59 Å². The van der Waals surface area contributed by atoms with Crippen molar-refractivity contribution in [1.82, 2.24) is 20.3 Å². The first kappa shape index (κ1) is 21.6. The predicted octanol–water partition coefficient (Wildman–Crippen LogP) is 1.85. The third-order valence-corrected chi connectivity index (χ3v) is 5.01. The number of ether oxygens (including phenoxy) is 1. The third kappa shape index (κ3) is 5.93. The summed E-state index contributed by atoms with van der Waals surface area (Å²) in [6.07, 6.45) is 3.14. The summed E-state index contributed by atoms with van der Waals surface area (Å²) in [5, 5.41) is 6.65. The van der Waals surface area contributed by atoms with E-state index in [0.717, 1.165) is 35.9 Å². The molecule has 2 amide bonds. The van der Waals surface area contributed by atoms with Gasteiger partial charge >= 0.3 is 0 Å². The molecule has 1 aliphatic heterocycles. The Balaban J connectivity index is 1.43. The Morgan fingerprint density at radius 1 is 1.23 bits per heavy atom. The molecule has 8 heteroatoms. The highest BCUT2D eigenvalue weighted by atomic mass is 16.5. The molecule has 2 aromatic rings. The smallest absolute Gasteiger partial charge is 0.244 e. The topological polar surface area (TPSA) is 87.9 Å².